The fourth-order valence-corrected chi connectivity index (χ4v) is 1.37. The third kappa shape index (κ3) is 2.34. The summed E-state index contributed by atoms with van der Waals surface area (Å²) < 4.78 is 15.6. The molecule has 0 spiro atoms. The average Bonchev–Trinajstić information content (AvgIpc) is 2.42. The lowest BCUT2D eigenvalue weighted by Crippen LogP contribution is -2.21. The summed E-state index contributed by atoms with van der Waals surface area (Å²) in [7, 11) is -1.86. The zero-order chi connectivity index (χ0) is 10.7. The van der Waals surface area contributed by atoms with Crippen molar-refractivity contribution in [1.29, 1.82) is 0 Å². The second-order valence-corrected chi connectivity index (χ2v) is 3.08. The quantitative estimate of drug-likeness (QED) is 0.682. The Morgan fingerprint density at radius 1 is 1.20 bits per heavy atom. The van der Waals surface area contributed by atoms with Crippen molar-refractivity contribution in [2.24, 2.45) is 0 Å². The molecule has 1 aromatic rings. The van der Waals surface area contributed by atoms with Gasteiger partial charge in [-0.2, -0.15) is 0 Å². The zero-order valence-corrected chi connectivity index (χ0v) is 8.05. The third-order valence-corrected chi connectivity index (χ3v) is 1.97. The topological polar surface area (TPSA) is 68.2 Å². The lowest BCUT2D eigenvalue weighted by molar-refractivity contribution is 0.268. The standard InChI is InChI=1S/C9H11BO5/c11-10(12)15-8-4-1-3-7-9(8)14-6-2-5-13-7/h1,3-4,11-12H,2,5-6H2. The normalized spacial score (nSPS) is 14.3. The molecule has 0 unspecified atom stereocenters. The molecule has 0 radical (unpaired) electrons. The molecule has 6 heteroatoms. The maximum absolute atomic E-state index is 8.71. The van der Waals surface area contributed by atoms with Gasteiger partial charge in [0, 0.05) is 6.42 Å². The lowest BCUT2D eigenvalue weighted by atomic mass is 10.2. The lowest BCUT2D eigenvalue weighted by Gasteiger charge is -2.12. The number of hydrogen-bond donors (Lipinski definition) is 2. The van der Waals surface area contributed by atoms with Gasteiger partial charge in [-0.3, -0.25) is 0 Å². The van der Waals surface area contributed by atoms with Gasteiger partial charge >= 0.3 is 7.32 Å². The van der Waals surface area contributed by atoms with Crippen molar-refractivity contribution in [2.75, 3.05) is 13.2 Å². The smallest absolute Gasteiger partial charge is 0.509 e. The van der Waals surface area contributed by atoms with Gasteiger partial charge in [0.05, 0.1) is 13.2 Å². The first-order valence-corrected chi connectivity index (χ1v) is 4.69. The summed E-state index contributed by atoms with van der Waals surface area (Å²) in [6, 6.07) is 5.04. The molecule has 0 amide bonds. The summed E-state index contributed by atoms with van der Waals surface area (Å²) in [5, 5.41) is 17.4. The molecule has 5 nitrogen and oxygen atoms in total. The number of ether oxygens (including phenoxy) is 2. The van der Waals surface area contributed by atoms with Gasteiger partial charge in [0.25, 0.3) is 0 Å². The number of fused-ring (bicyclic) bond motifs is 1. The molecule has 0 saturated heterocycles. The Morgan fingerprint density at radius 2 is 2.00 bits per heavy atom. The van der Waals surface area contributed by atoms with Crippen LogP contribution in [0.4, 0.5) is 0 Å². The monoisotopic (exact) mass is 210 g/mol. The zero-order valence-electron chi connectivity index (χ0n) is 8.05. The molecular weight excluding hydrogens is 199 g/mol. The minimum absolute atomic E-state index is 0.268. The van der Waals surface area contributed by atoms with E-state index in [1.807, 2.05) is 0 Å². The van der Waals surface area contributed by atoms with Crippen LogP contribution in [0.5, 0.6) is 17.2 Å². The average molecular weight is 210 g/mol. The van der Waals surface area contributed by atoms with E-state index in [-0.39, 0.29) is 5.75 Å². The Bertz CT molecular complexity index is 341. The largest absolute Gasteiger partial charge is 0.707 e. The molecule has 15 heavy (non-hydrogen) atoms. The number of rotatable bonds is 2. The second-order valence-electron chi connectivity index (χ2n) is 3.08. The number of hydrogen-bond acceptors (Lipinski definition) is 5. The van der Waals surface area contributed by atoms with Crippen molar-refractivity contribution in [2.45, 2.75) is 6.42 Å². The van der Waals surface area contributed by atoms with Gasteiger partial charge in [-0.25, -0.2) is 0 Å². The molecule has 80 valence electrons. The molecule has 0 fully saturated rings. The molecule has 0 aliphatic carbocycles. The minimum atomic E-state index is -1.86. The van der Waals surface area contributed by atoms with Gasteiger partial charge in [0.15, 0.2) is 5.75 Å². The van der Waals surface area contributed by atoms with E-state index in [1.165, 1.54) is 0 Å². The highest BCUT2D eigenvalue weighted by Crippen LogP contribution is 2.38. The van der Waals surface area contributed by atoms with Crippen LogP contribution in [0.2, 0.25) is 0 Å². The Morgan fingerprint density at radius 3 is 2.80 bits per heavy atom. The van der Waals surface area contributed by atoms with Crippen molar-refractivity contribution in [3.8, 4) is 17.2 Å². The molecule has 0 aromatic heterocycles. The van der Waals surface area contributed by atoms with Crippen molar-refractivity contribution >= 4 is 7.32 Å². The van der Waals surface area contributed by atoms with E-state index in [0.717, 1.165) is 6.42 Å². The van der Waals surface area contributed by atoms with Gasteiger partial charge in [-0.05, 0) is 12.1 Å². The maximum atomic E-state index is 8.71. The molecule has 0 atom stereocenters. The van der Waals surface area contributed by atoms with Crippen LogP contribution < -0.4 is 14.1 Å². The molecular formula is C9H11BO5. The highest BCUT2D eigenvalue weighted by molar-refractivity contribution is 6.33. The maximum Gasteiger partial charge on any atom is 0.707 e. The van der Waals surface area contributed by atoms with E-state index in [0.29, 0.717) is 24.7 Å². The summed E-state index contributed by atoms with van der Waals surface area (Å²) in [5.41, 5.74) is 0. The second kappa shape index (κ2) is 4.42. The number of para-hydroxylation sites is 1. The van der Waals surface area contributed by atoms with Gasteiger partial charge < -0.3 is 24.2 Å². The first kappa shape index (κ1) is 10.1. The van der Waals surface area contributed by atoms with Gasteiger partial charge in [-0.1, -0.05) is 6.07 Å². The SMILES string of the molecule is OB(O)Oc1cccc2c1OCCCO2. The Kier molecular flexibility index (Phi) is 2.98. The minimum Gasteiger partial charge on any atom is -0.509 e. The van der Waals surface area contributed by atoms with Crippen LogP contribution in [0.15, 0.2) is 18.2 Å². The molecule has 1 aliphatic heterocycles. The van der Waals surface area contributed by atoms with Crippen molar-refractivity contribution in [3.05, 3.63) is 18.2 Å². The van der Waals surface area contributed by atoms with Gasteiger partial charge in [-0.15, -0.1) is 0 Å². The fraction of sp³-hybridized carbons (Fsp3) is 0.333. The first-order chi connectivity index (χ1) is 7.27. The van der Waals surface area contributed by atoms with Crippen LogP contribution in [0.3, 0.4) is 0 Å². The van der Waals surface area contributed by atoms with Crippen molar-refractivity contribution < 1.29 is 24.2 Å². The van der Waals surface area contributed by atoms with Crippen LogP contribution >= 0.6 is 0 Å². The van der Waals surface area contributed by atoms with Crippen LogP contribution in [0, 0.1) is 0 Å². The van der Waals surface area contributed by atoms with Crippen molar-refractivity contribution in [3.63, 3.8) is 0 Å². The highest BCUT2D eigenvalue weighted by Gasteiger charge is 2.19. The summed E-state index contributed by atoms with van der Waals surface area (Å²) in [4.78, 5) is 0. The summed E-state index contributed by atoms with van der Waals surface area (Å²) in [5.74, 6) is 1.25. The van der Waals surface area contributed by atoms with Crippen LogP contribution in [0.25, 0.3) is 0 Å². The Balaban J connectivity index is 2.30. The van der Waals surface area contributed by atoms with E-state index in [1.54, 1.807) is 18.2 Å². The summed E-state index contributed by atoms with van der Waals surface area (Å²) >= 11 is 0. The first-order valence-electron chi connectivity index (χ1n) is 4.69. The highest BCUT2D eigenvalue weighted by atomic mass is 16.6. The number of benzene rings is 1. The van der Waals surface area contributed by atoms with Crippen molar-refractivity contribution in [1.82, 2.24) is 0 Å². The summed E-state index contributed by atoms with van der Waals surface area (Å²) in [6.07, 6.45) is 0.787. The molecule has 2 N–H and O–H groups in total. The predicted molar refractivity (Wildman–Crippen MR) is 52.9 cm³/mol. The Labute approximate surface area is 87.4 Å². The van der Waals surface area contributed by atoms with E-state index in [4.69, 9.17) is 24.2 Å². The molecule has 2 rings (SSSR count). The van der Waals surface area contributed by atoms with E-state index in [9.17, 15) is 0 Å². The molecule has 1 heterocycles. The van der Waals surface area contributed by atoms with Crippen LogP contribution in [0.1, 0.15) is 6.42 Å². The molecule has 0 bridgehead atoms. The predicted octanol–water partition coefficient (Wildman–Crippen LogP) is 0.196. The van der Waals surface area contributed by atoms with Crippen LogP contribution in [-0.2, 0) is 0 Å². The Hall–Kier alpha value is -1.40. The fourth-order valence-electron chi connectivity index (χ4n) is 1.37. The van der Waals surface area contributed by atoms with Gasteiger partial charge in [0.1, 0.15) is 5.75 Å². The molecule has 0 saturated carbocycles. The third-order valence-electron chi connectivity index (χ3n) is 1.97. The van der Waals surface area contributed by atoms with Gasteiger partial charge in [0.2, 0.25) is 5.75 Å². The molecule has 1 aromatic carbocycles. The van der Waals surface area contributed by atoms with E-state index in [2.05, 4.69) is 0 Å². The summed E-state index contributed by atoms with van der Waals surface area (Å²) in [6.45, 7) is 1.10. The molecule has 1 aliphatic rings. The van der Waals surface area contributed by atoms with E-state index >= 15 is 0 Å². The van der Waals surface area contributed by atoms with Crippen LogP contribution in [-0.4, -0.2) is 30.6 Å². The van der Waals surface area contributed by atoms with E-state index < -0.39 is 7.32 Å².